The molecule has 3 rings (SSSR count). The highest BCUT2D eigenvalue weighted by Gasteiger charge is 2.28. The Labute approximate surface area is 160 Å². The minimum atomic E-state index is -0.227. The first kappa shape index (κ1) is 19.3. The summed E-state index contributed by atoms with van der Waals surface area (Å²) < 4.78 is 13.2. The molecule has 1 fully saturated rings. The maximum absolute atomic E-state index is 13.2. The van der Waals surface area contributed by atoms with Crippen molar-refractivity contribution in [2.24, 2.45) is 0 Å². The van der Waals surface area contributed by atoms with Crippen LogP contribution in [0.5, 0.6) is 0 Å². The molecule has 0 spiro atoms. The molecule has 6 heteroatoms. The lowest BCUT2D eigenvalue weighted by atomic mass is 9.84. The van der Waals surface area contributed by atoms with E-state index >= 15 is 0 Å². The molecule has 1 aromatic heterocycles. The van der Waals surface area contributed by atoms with Crippen molar-refractivity contribution < 1.29 is 9.18 Å². The van der Waals surface area contributed by atoms with Gasteiger partial charge in [-0.3, -0.25) is 4.79 Å². The molecule has 0 aliphatic carbocycles. The molecule has 0 radical (unpaired) electrons. The van der Waals surface area contributed by atoms with E-state index in [0.29, 0.717) is 13.1 Å². The van der Waals surface area contributed by atoms with E-state index in [1.807, 2.05) is 30.0 Å². The van der Waals surface area contributed by atoms with Crippen LogP contribution in [0.25, 0.3) is 0 Å². The van der Waals surface area contributed by atoms with Crippen LogP contribution >= 0.6 is 0 Å². The van der Waals surface area contributed by atoms with E-state index in [1.54, 1.807) is 6.92 Å². The Kier molecular flexibility index (Phi) is 5.44. The Morgan fingerprint density at radius 1 is 1.30 bits per heavy atom. The molecule has 1 amide bonds. The van der Waals surface area contributed by atoms with Gasteiger partial charge in [0.2, 0.25) is 5.91 Å². The molecule has 1 N–H and O–H groups in total. The van der Waals surface area contributed by atoms with E-state index in [-0.39, 0.29) is 23.1 Å². The van der Waals surface area contributed by atoms with Crippen LogP contribution in [-0.2, 0) is 10.2 Å². The number of anilines is 1. The molecule has 1 unspecified atom stereocenters. The van der Waals surface area contributed by atoms with E-state index in [9.17, 15) is 9.18 Å². The summed E-state index contributed by atoms with van der Waals surface area (Å²) >= 11 is 0. The largest absolute Gasteiger partial charge is 0.369 e. The highest BCUT2D eigenvalue weighted by molar-refractivity contribution is 5.73. The van der Waals surface area contributed by atoms with Crippen LogP contribution in [0.15, 0.2) is 30.3 Å². The highest BCUT2D eigenvalue weighted by atomic mass is 19.1. The second kappa shape index (κ2) is 7.62. The average Bonchev–Trinajstić information content (AvgIpc) is 3.11. The lowest BCUT2D eigenvalue weighted by Crippen LogP contribution is -2.28. The molecule has 2 aromatic rings. The molecule has 1 aromatic carbocycles. The smallest absolute Gasteiger partial charge is 0.219 e. The van der Waals surface area contributed by atoms with Crippen LogP contribution in [0.3, 0.4) is 0 Å². The van der Waals surface area contributed by atoms with E-state index in [0.717, 1.165) is 35.9 Å². The van der Waals surface area contributed by atoms with Crippen LogP contribution in [0.1, 0.15) is 50.2 Å². The summed E-state index contributed by atoms with van der Waals surface area (Å²) in [5.41, 5.74) is 1.80. The first-order chi connectivity index (χ1) is 12.7. The zero-order valence-electron chi connectivity index (χ0n) is 16.4. The Morgan fingerprint density at radius 3 is 2.63 bits per heavy atom. The quantitative estimate of drug-likeness (QED) is 0.873. The number of aromatic nitrogens is 2. The van der Waals surface area contributed by atoms with Crippen LogP contribution in [-0.4, -0.2) is 40.4 Å². The monoisotopic (exact) mass is 370 g/mol. The van der Waals surface area contributed by atoms with Gasteiger partial charge in [0.1, 0.15) is 17.5 Å². The van der Waals surface area contributed by atoms with Crippen molar-refractivity contribution in [3.8, 4) is 0 Å². The number of nitrogens with one attached hydrogen (secondary N) is 1. The standard InChI is InChI=1S/C21H27FN4O/c1-14-11-19(23-13-21(3,4)17-5-7-18(22)8-6-17)25-20(24-14)16-9-10-26(12-16)15(2)27/h5-8,11,16H,9-10,12-13H2,1-4H3,(H,23,24,25). The number of carbonyl (C=O) groups is 1. The number of likely N-dealkylation sites (tertiary alicyclic amines) is 1. The van der Waals surface area contributed by atoms with Gasteiger partial charge >= 0.3 is 0 Å². The first-order valence-corrected chi connectivity index (χ1v) is 9.35. The van der Waals surface area contributed by atoms with E-state index in [4.69, 9.17) is 4.98 Å². The SMILES string of the molecule is CC(=O)N1CCC(c2nc(C)cc(NCC(C)(C)c3ccc(F)cc3)n2)C1. The van der Waals surface area contributed by atoms with Crippen molar-refractivity contribution in [3.63, 3.8) is 0 Å². The number of carbonyl (C=O) groups excluding carboxylic acids is 1. The fourth-order valence-electron chi connectivity index (χ4n) is 3.44. The molecule has 2 heterocycles. The molecule has 1 saturated heterocycles. The van der Waals surface area contributed by atoms with Gasteiger partial charge in [-0.15, -0.1) is 0 Å². The number of hydrogen-bond acceptors (Lipinski definition) is 4. The van der Waals surface area contributed by atoms with E-state index < -0.39 is 0 Å². The maximum Gasteiger partial charge on any atom is 0.219 e. The Balaban J connectivity index is 1.71. The topological polar surface area (TPSA) is 58.1 Å². The minimum absolute atomic E-state index is 0.101. The van der Waals surface area contributed by atoms with Gasteiger partial charge in [-0.2, -0.15) is 0 Å². The van der Waals surface area contributed by atoms with Crippen LogP contribution in [0.4, 0.5) is 10.2 Å². The van der Waals surface area contributed by atoms with Crippen molar-refractivity contribution in [1.29, 1.82) is 0 Å². The van der Waals surface area contributed by atoms with E-state index in [2.05, 4.69) is 24.1 Å². The van der Waals surface area contributed by atoms with Crippen LogP contribution < -0.4 is 5.32 Å². The van der Waals surface area contributed by atoms with Crippen LogP contribution in [0, 0.1) is 12.7 Å². The van der Waals surface area contributed by atoms with Gasteiger partial charge in [0, 0.05) is 49.7 Å². The third-order valence-electron chi connectivity index (χ3n) is 5.21. The van der Waals surface area contributed by atoms with Crippen molar-refractivity contribution in [2.75, 3.05) is 25.0 Å². The third kappa shape index (κ3) is 4.62. The van der Waals surface area contributed by atoms with Gasteiger partial charge in [-0.25, -0.2) is 14.4 Å². The van der Waals surface area contributed by atoms with Gasteiger partial charge in [-0.1, -0.05) is 26.0 Å². The van der Waals surface area contributed by atoms with Gasteiger partial charge < -0.3 is 10.2 Å². The lowest BCUT2D eigenvalue weighted by Gasteiger charge is -2.26. The van der Waals surface area contributed by atoms with Gasteiger partial charge in [-0.05, 0) is 31.0 Å². The van der Waals surface area contributed by atoms with E-state index in [1.165, 1.54) is 12.1 Å². The van der Waals surface area contributed by atoms with Crippen molar-refractivity contribution >= 4 is 11.7 Å². The molecule has 144 valence electrons. The number of rotatable bonds is 5. The number of hydrogen-bond donors (Lipinski definition) is 1. The third-order valence-corrected chi connectivity index (χ3v) is 5.21. The summed E-state index contributed by atoms with van der Waals surface area (Å²) in [6.45, 7) is 9.90. The molecule has 5 nitrogen and oxygen atoms in total. The molecule has 0 bridgehead atoms. The van der Waals surface area contributed by atoms with Gasteiger partial charge in [0.05, 0.1) is 0 Å². The maximum atomic E-state index is 13.2. The van der Waals surface area contributed by atoms with Crippen molar-refractivity contribution in [1.82, 2.24) is 14.9 Å². The van der Waals surface area contributed by atoms with Crippen molar-refractivity contribution in [2.45, 2.75) is 45.4 Å². The summed E-state index contributed by atoms with van der Waals surface area (Å²) in [5.74, 6) is 1.63. The number of halogens is 1. The summed E-state index contributed by atoms with van der Waals surface area (Å²) in [6, 6.07) is 8.56. The number of benzene rings is 1. The van der Waals surface area contributed by atoms with Gasteiger partial charge in [0.15, 0.2) is 0 Å². The molecule has 0 saturated carbocycles. The normalized spacial score (nSPS) is 17.2. The highest BCUT2D eigenvalue weighted by Crippen LogP contribution is 2.27. The Hall–Kier alpha value is -2.50. The molecule has 27 heavy (non-hydrogen) atoms. The van der Waals surface area contributed by atoms with Gasteiger partial charge in [0.25, 0.3) is 0 Å². The number of aryl methyl sites for hydroxylation is 1. The summed E-state index contributed by atoms with van der Waals surface area (Å²) in [7, 11) is 0. The van der Waals surface area contributed by atoms with Crippen LogP contribution in [0.2, 0.25) is 0 Å². The fourth-order valence-corrected chi connectivity index (χ4v) is 3.44. The molecular weight excluding hydrogens is 343 g/mol. The zero-order valence-corrected chi connectivity index (χ0v) is 16.4. The minimum Gasteiger partial charge on any atom is -0.369 e. The first-order valence-electron chi connectivity index (χ1n) is 9.35. The second-order valence-electron chi connectivity index (χ2n) is 7.95. The average molecular weight is 370 g/mol. The summed E-state index contributed by atoms with van der Waals surface area (Å²) in [6.07, 6.45) is 0.892. The molecular formula is C21H27FN4O. The Morgan fingerprint density at radius 2 is 2.00 bits per heavy atom. The molecule has 1 aliphatic heterocycles. The molecule has 1 aliphatic rings. The molecule has 1 atom stereocenters. The predicted octanol–water partition coefficient (Wildman–Crippen LogP) is 3.65. The fraction of sp³-hybridized carbons (Fsp3) is 0.476. The summed E-state index contributed by atoms with van der Waals surface area (Å²) in [4.78, 5) is 22.7. The second-order valence-corrected chi connectivity index (χ2v) is 7.95. The van der Waals surface area contributed by atoms with Crippen molar-refractivity contribution in [3.05, 3.63) is 53.2 Å². The zero-order chi connectivity index (χ0) is 19.6. The number of nitrogens with zero attached hydrogens (tertiary/aromatic N) is 3. The number of amides is 1. The lowest BCUT2D eigenvalue weighted by molar-refractivity contribution is -0.127. The predicted molar refractivity (Wildman–Crippen MR) is 104 cm³/mol. The summed E-state index contributed by atoms with van der Waals surface area (Å²) in [5, 5.41) is 3.41. The Bertz CT molecular complexity index is 819.